The van der Waals surface area contributed by atoms with Crippen molar-refractivity contribution in [2.45, 2.75) is 25.8 Å². The summed E-state index contributed by atoms with van der Waals surface area (Å²) in [6.45, 7) is 2.60. The zero-order chi connectivity index (χ0) is 12.3. The monoisotopic (exact) mass is 228 g/mol. The summed E-state index contributed by atoms with van der Waals surface area (Å²) in [5.74, 6) is -0.257. The van der Waals surface area contributed by atoms with E-state index in [1.807, 2.05) is 0 Å². The van der Waals surface area contributed by atoms with Gasteiger partial charge in [-0.25, -0.2) is 8.78 Å². The van der Waals surface area contributed by atoms with Gasteiger partial charge in [0.25, 0.3) is 6.43 Å². The van der Waals surface area contributed by atoms with Crippen LogP contribution in [0.4, 0.5) is 14.5 Å². The molecular weight excluding hydrogens is 214 g/mol. The average Bonchev–Trinajstić information content (AvgIpc) is 2.16. The molecule has 0 radical (unpaired) electrons. The molecule has 16 heavy (non-hydrogen) atoms. The molecule has 1 atom stereocenters. The second-order valence-electron chi connectivity index (χ2n) is 3.85. The van der Waals surface area contributed by atoms with Crippen LogP contribution >= 0.6 is 0 Å². The first-order valence-electron chi connectivity index (χ1n) is 4.79. The summed E-state index contributed by atoms with van der Waals surface area (Å²) >= 11 is 0. The zero-order valence-electron chi connectivity index (χ0n) is 9.13. The number of nitrogens with one attached hydrogen (secondary N) is 1. The van der Waals surface area contributed by atoms with Crippen molar-refractivity contribution in [3.05, 3.63) is 29.8 Å². The fraction of sp³-hybridized carbons (Fsp3) is 0.364. The number of benzene rings is 1. The molecule has 1 aromatic carbocycles. The van der Waals surface area contributed by atoms with Gasteiger partial charge in [-0.05, 0) is 24.6 Å². The van der Waals surface area contributed by atoms with Crippen molar-refractivity contribution >= 4 is 11.6 Å². The Labute approximate surface area is 92.6 Å². The second kappa shape index (κ2) is 4.57. The lowest BCUT2D eigenvalue weighted by molar-refractivity contribution is -0.114. The third-order valence-corrected chi connectivity index (χ3v) is 2.26. The normalized spacial score (nSPS) is 14.6. The van der Waals surface area contributed by atoms with Gasteiger partial charge in [0.15, 0.2) is 0 Å². The van der Waals surface area contributed by atoms with Gasteiger partial charge in [-0.3, -0.25) is 4.79 Å². The molecule has 88 valence electrons. The minimum absolute atomic E-state index is 0.257. The summed E-state index contributed by atoms with van der Waals surface area (Å²) in [6.07, 6.45) is -2.67. The minimum atomic E-state index is -2.67. The number of alkyl halides is 2. The largest absolute Gasteiger partial charge is 0.326 e. The predicted molar refractivity (Wildman–Crippen MR) is 58.3 cm³/mol. The number of halogens is 2. The lowest BCUT2D eigenvalue weighted by Gasteiger charge is -2.24. The zero-order valence-corrected chi connectivity index (χ0v) is 9.13. The van der Waals surface area contributed by atoms with Crippen LogP contribution in [0.1, 0.15) is 19.4 Å². The van der Waals surface area contributed by atoms with E-state index < -0.39 is 12.0 Å². The topological polar surface area (TPSA) is 55.1 Å². The van der Waals surface area contributed by atoms with E-state index in [-0.39, 0.29) is 11.5 Å². The summed E-state index contributed by atoms with van der Waals surface area (Å²) < 4.78 is 25.4. The van der Waals surface area contributed by atoms with Gasteiger partial charge in [0.2, 0.25) is 5.91 Å². The molecule has 0 fully saturated rings. The Kier molecular flexibility index (Phi) is 3.59. The van der Waals surface area contributed by atoms with Crippen LogP contribution in [0.15, 0.2) is 24.3 Å². The van der Waals surface area contributed by atoms with Gasteiger partial charge in [-0.15, -0.1) is 0 Å². The number of hydrogen-bond acceptors (Lipinski definition) is 2. The first kappa shape index (κ1) is 12.6. The predicted octanol–water partition coefficient (Wildman–Crippen LogP) is 2.08. The van der Waals surface area contributed by atoms with Crippen LogP contribution in [0.3, 0.4) is 0 Å². The van der Waals surface area contributed by atoms with Gasteiger partial charge in [0, 0.05) is 12.6 Å². The molecule has 0 bridgehead atoms. The maximum Gasteiger partial charge on any atom is 0.260 e. The lowest BCUT2D eigenvalue weighted by Crippen LogP contribution is -2.40. The van der Waals surface area contributed by atoms with Crippen LogP contribution in [0, 0.1) is 0 Å². The third kappa shape index (κ3) is 2.76. The average molecular weight is 228 g/mol. The maximum absolute atomic E-state index is 12.7. The standard InChI is InChI=1S/C11H14F2N2O/c1-7(16)15-9-5-3-4-8(6-9)11(2,14)10(12)13/h3-6,10H,14H2,1-2H3,(H,15,16). The highest BCUT2D eigenvalue weighted by Gasteiger charge is 2.32. The highest BCUT2D eigenvalue weighted by Crippen LogP contribution is 2.26. The summed E-state index contributed by atoms with van der Waals surface area (Å²) in [6, 6.07) is 6.16. The molecule has 0 heterocycles. The van der Waals surface area contributed by atoms with Crippen LogP contribution in [-0.2, 0) is 10.3 Å². The SMILES string of the molecule is CC(=O)Nc1cccc(C(C)(N)C(F)F)c1. The Morgan fingerprint density at radius 1 is 1.50 bits per heavy atom. The first-order chi connectivity index (χ1) is 7.34. The molecule has 5 heteroatoms. The van der Waals surface area contributed by atoms with Crippen molar-refractivity contribution < 1.29 is 13.6 Å². The van der Waals surface area contributed by atoms with Gasteiger partial charge in [-0.1, -0.05) is 12.1 Å². The van der Waals surface area contributed by atoms with E-state index in [2.05, 4.69) is 5.32 Å². The summed E-state index contributed by atoms with van der Waals surface area (Å²) in [7, 11) is 0. The summed E-state index contributed by atoms with van der Waals surface area (Å²) in [4.78, 5) is 10.8. The molecule has 0 aliphatic heterocycles. The Bertz CT molecular complexity index is 391. The van der Waals surface area contributed by atoms with E-state index in [1.54, 1.807) is 12.1 Å². The molecule has 1 amide bonds. The quantitative estimate of drug-likeness (QED) is 0.832. The van der Waals surface area contributed by atoms with Crippen molar-refractivity contribution in [2.75, 3.05) is 5.32 Å². The number of carbonyl (C=O) groups excluding carboxylic acids is 1. The number of amides is 1. The van der Waals surface area contributed by atoms with E-state index in [1.165, 1.54) is 26.0 Å². The molecule has 0 saturated heterocycles. The van der Waals surface area contributed by atoms with Crippen LogP contribution in [0.5, 0.6) is 0 Å². The van der Waals surface area contributed by atoms with Crippen molar-refractivity contribution in [3.8, 4) is 0 Å². The molecule has 1 unspecified atom stereocenters. The van der Waals surface area contributed by atoms with E-state index >= 15 is 0 Å². The molecule has 0 aliphatic carbocycles. The van der Waals surface area contributed by atoms with E-state index in [0.29, 0.717) is 5.69 Å². The van der Waals surface area contributed by atoms with Gasteiger partial charge < -0.3 is 11.1 Å². The van der Waals surface area contributed by atoms with Gasteiger partial charge in [-0.2, -0.15) is 0 Å². The van der Waals surface area contributed by atoms with E-state index in [4.69, 9.17) is 5.73 Å². The molecule has 0 aromatic heterocycles. The Balaban J connectivity index is 3.02. The molecule has 0 spiro atoms. The Morgan fingerprint density at radius 2 is 2.12 bits per heavy atom. The van der Waals surface area contributed by atoms with Crippen molar-refractivity contribution in [2.24, 2.45) is 5.73 Å². The van der Waals surface area contributed by atoms with Crippen LogP contribution in [0.25, 0.3) is 0 Å². The fourth-order valence-electron chi connectivity index (χ4n) is 1.26. The Hall–Kier alpha value is -1.49. The number of rotatable bonds is 3. The summed E-state index contributed by atoms with van der Waals surface area (Å²) in [5.41, 5.74) is 4.55. The molecule has 1 rings (SSSR count). The number of carbonyl (C=O) groups is 1. The lowest BCUT2D eigenvalue weighted by atomic mass is 9.93. The highest BCUT2D eigenvalue weighted by atomic mass is 19.3. The number of anilines is 1. The summed E-state index contributed by atoms with van der Waals surface area (Å²) in [5, 5.41) is 2.52. The van der Waals surface area contributed by atoms with Crippen LogP contribution in [-0.4, -0.2) is 12.3 Å². The molecule has 3 N–H and O–H groups in total. The van der Waals surface area contributed by atoms with Crippen molar-refractivity contribution in [1.29, 1.82) is 0 Å². The minimum Gasteiger partial charge on any atom is -0.326 e. The number of hydrogen-bond donors (Lipinski definition) is 2. The van der Waals surface area contributed by atoms with Crippen molar-refractivity contribution in [1.82, 2.24) is 0 Å². The second-order valence-corrected chi connectivity index (χ2v) is 3.85. The molecular formula is C11H14F2N2O. The first-order valence-corrected chi connectivity index (χ1v) is 4.79. The third-order valence-electron chi connectivity index (χ3n) is 2.26. The van der Waals surface area contributed by atoms with Crippen LogP contribution < -0.4 is 11.1 Å². The van der Waals surface area contributed by atoms with Gasteiger partial charge in [0.1, 0.15) is 0 Å². The van der Waals surface area contributed by atoms with Gasteiger partial charge in [0.05, 0.1) is 5.54 Å². The Morgan fingerprint density at radius 3 is 2.62 bits per heavy atom. The maximum atomic E-state index is 12.7. The van der Waals surface area contributed by atoms with E-state index in [9.17, 15) is 13.6 Å². The highest BCUT2D eigenvalue weighted by molar-refractivity contribution is 5.88. The van der Waals surface area contributed by atoms with E-state index in [0.717, 1.165) is 0 Å². The fourth-order valence-corrected chi connectivity index (χ4v) is 1.26. The van der Waals surface area contributed by atoms with Gasteiger partial charge >= 0.3 is 0 Å². The number of nitrogens with two attached hydrogens (primary N) is 1. The van der Waals surface area contributed by atoms with Crippen LogP contribution in [0.2, 0.25) is 0 Å². The smallest absolute Gasteiger partial charge is 0.260 e. The molecule has 3 nitrogen and oxygen atoms in total. The molecule has 0 aliphatic rings. The van der Waals surface area contributed by atoms with Crippen molar-refractivity contribution in [3.63, 3.8) is 0 Å². The molecule has 0 saturated carbocycles. The molecule has 1 aromatic rings.